The number of methoxy groups -OCH3 is 1. The van der Waals surface area contributed by atoms with Gasteiger partial charge in [-0.15, -0.1) is 0 Å². The van der Waals surface area contributed by atoms with Gasteiger partial charge in [0.25, 0.3) is 5.91 Å². The van der Waals surface area contributed by atoms with Crippen LogP contribution < -0.4 is 19.9 Å². The van der Waals surface area contributed by atoms with Crippen molar-refractivity contribution in [3.05, 3.63) is 59.0 Å². The fourth-order valence-corrected chi connectivity index (χ4v) is 2.97. The van der Waals surface area contributed by atoms with Crippen LogP contribution >= 0.6 is 11.8 Å². The van der Waals surface area contributed by atoms with Crippen molar-refractivity contribution in [2.45, 2.75) is 0 Å². The minimum Gasteiger partial charge on any atom is -0.493 e. The maximum absolute atomic E-state index is 11.6. The van der Waals surface area contributed by atoms with Crippen LogP contribution in [0.3, 0.4) is 0 Å². The predicted molar refractivity (Wildman–Crippen MR) is 103 cm³/mol. The molecular weight excluding hydrogens is 352 g/mol. The van der Waals surface area contributed by atoms with Gasteiger partial charge < -0.3 is 19.9 Å². The Kier molecular flexibility index (Phi) is 5.80. The molecule has 1 aliphatic heterocycles. The largest absolute Gasteiger partial charge is 0.493 e. The van der Waals surface area contributed by atoms with E-state index in [2.05, 4.69) is 4.99 Å². The summed E-state index contributed by atoms with van der Waals surface area (Å²) in [5.41, 5.74) is 6.41. The number of nitrogens with zero attached hydrogens (tertiary/aromatic N) is 1. The summed E-state index contributed by atoms with van der Waals surface area (Å²) in [6, 6.07) is 14.9. The molecule has 7 heteroatoms. The molecule has 0 unspecified atom stereocenters. The Bertz CT molecular complexity index is 847. The van der Waals surface area contributed by atoms with Crippen LogP contribution in [0.4, 0.5) is 0 Å². The second-order valence-corrected chi connectivity index (χ2v) is 6.34. The van der Waals surface area contributed by atoms with Crippen molar-refractivity contribution in [2.75, 3.05) is 20.3 Å². The van der Waals surface area contributed by atoms with E-state index in [1.807, 2.05) is 48.5 Å². The molecule has 0 saturated carbocycles. The van der Waals surface area contributed by atoms with Gasteiger partial charge in [-0.3, -0.25) is 4.79 Å². The highest BCUT2D eigenvalue weighted by atomic mass is 32.2. The zero-order valence-corrected chi connectivity index (χ0v) is 15.0. The average Bonchev–Trinajstić information content (AvgIpc) is 2.97. The van der Waals surface area contributed by atoms with Crippen molar-refractivity contribution in [1.29, 1.82) is 0 Å². The Balaban J connectivity index is 1.49. The summed E-state index contributed by atoms with van der Waals surface area (Å²) in [4.78, 5) is 15.8. The number of amidine groups is 1. The predicted octanol–water partition coefficient (Wildman–Crippen LogP) is 3.08. The Morgan fingerprint density at radius 3 is 2.38 bits per heavy atom. The summed E-state index contributed by atoms with van der Waals surface area (Å²) >= 11 is 1.17. The molecule has 3 rings (SSSR count). The van der Waals surface area contributed by atoms with E-state index >= 15 is 0 Å². The summed E-state index contributed by atoms with van der Waals surface area (Å²) in [6.07, 6.45) is 1.75. The number of carbonyl (C=O) groups is 1. The first-order chi connectivity index (χ1) is 12.7. The van der Waals surface area contributed by atoms with Gasteiger partial charge >= 0.3 is 0 Å². The van der Waals surface area contributed by atoms with Crippen LogP contribution in [0.15, 0.2) is 58.4 Å². The zero-order valence-electron chi connectivity index (χ0n) is 14.2. The Labute approximate surface area is 155 Å². The number of hydrogen-bond acceptors (Lipinski definition) is 6. The number of ether oxygens (including phenoxy) is 3. The number of para-hydroxylation sites is 2. The number of carbonyl (C=O) groups excluding carboxylic acids is 1. The molecule has 0 aromatic heterocycles. The van der Waals surface area contributed by atoms with Crippen LogP contribution in [-0.2, 0) is 4.79 Å². The van der Waals surface area contributed by atoms with E-state index in [9.17, 15) is 4.79 Å². The number of hydrogen-bond donors (Lipinski definition) is 1. The summed E-state index contributed by atoms with van der Waals surface area (Å²) in [5.74, 6) is 1.79. The fourth-order valence-electron chi connectivity index (χ4n) is 2.29. The highest BCUT2D eigenvalue weighted by molar-refractivity contribution is 8.18. The Morgan fingerprint density at radius 2 is 1.73 bits per heavy atom. The quantitative estimate of drug-likeness (QED) is 0.596. The molecule has 0 radical (unpaired) electrons. The third-order valence-electron chi connectivity index (χ3n) is 3.49. The summed E-state index contributed by atoms with van der Waals surface area (Å²) in [7, 11) is 1.60. The molecule has 1 heterocycles. The molecule has 2 N–H and O–H groups in total. The maximum Gasteiger partial charge on any atom is 0.286 e. The van der Waals surface area contributed by atoms with Crippen LogP contribution in [0.1, 0.15) is 5.56 Å². The smallest absolute Gasteiger partial charge is 0.286 e. The molecule has 1 aliphatic rings. The molecule has 2 aromatic carbocycles. The lowest BCUT2D eigenvalue weighted by atomic mass is 10.2. The highest BCUT2D eigenvalue weighted by Crippen LogP contribution is 2.27. The number of benzene rings is 2. The Hall–Kier alpha value is -2.93. The lowest BCUT2D eigenvalue weighted by Gasteiger charge is -2.11. The maximum atomic E-state index is 11.6. The van der Waals surface area contributed by atoms with Gasteiger partial charge in [0.1, 0.15) is 19.0 Å². The standard InChI is InChI=1S/C19H18N2O4S/c1-23-15-4-2-3-5-16(15)25-11-10-24-14-8-6-13(7-9-14)12-17-18(22)21-19(20)26-17/h2-9,12H,10-11H2,1H3,(H2,20,21,22)/b17-12-. The number of thioether (sulfide) groups is 1. The van der Waals surface area contributed by atoms with E-state index in [1.54, 1.807) is 13.2 Å². The third-order valence-corrected chi connectivity index (χ3v) is 4.31. The molecule has 0 saturated heterocycles. The minimum atomic E-state index is -0.304. The van der Waals surface area contributed by atoms with Crippen LogP contribution in [0.2, 0.25) is 0 Å². The van der Waals surface area contributed by atoms with Crippen LogP contribution in [0, 0.1) is 0 Å². The molecule has 0 fully saturated rings. The molecule has 134 valence electrons. The lowest BCUT2D eigenvalue weighted by molar-refractivity contribution is -0.113. The highest BCUT2D eigenvalue weighted by Gasteiger charge is 2.19. The lowest BCUT2D eigenvalue weighted by Crippen LogP contribution is -2.09. The van der Waals surface area contributed by atoms with Crippen molar-refractivity contribution < 1.29 is 19.0 Å². The third kappa shape index (κ3) is 4.58. The monoisotopic (exact) mass is 370 g/mol. The van der Waals surface area contributed by atoms with Crippen molar-refractivity contribution in [3.8, 4) is 17.2 Å². The molecule has 0 aliphatic carbocycles. The molecule has 0 spiro atoms. The summed E-state index contributed by atoms with van der Waals surface area (Å²) in [6.45, 7) is 0.797. The van der Waals surface area contributed by atoms with E-state index in [-0.39, 0.29) is 11.1 Å². The molecule has 26 heavy (non-hydrogen) atoms. The van der Waals surface area contributed by atoms with Crippen LogP contribution in [0.5, 0.6) is 17.2 Å². The number of rotatable bonds is 7. The number of aliphatic imine (C=N–C) groups is 1. The first-order valence-electron chi connectivity index (χ1n) is 7.92. The van der Waals surface area contributed by atoms with E-state index in [4.69, 9.17) is 19.9 Å². The van der Waals surface area contributed by atoms with Crippen LogP contribution in [0.25, 0.3) is 6.08 Å². The molecule has 0 atom stereocenters. The molecule has 2 aromatic rings. The topological polar surface area (TPSA) is 83.1 Å². The van der Waals surface area contributed by atoms with Gasteiger partial charge in [0, 0.05) is 0 Å². The molecular formula is C19H18N2O4S. The van der Waals surface area contributed by atoms with E-state index in [1.165, 1.54) is 11.8 Å². The van der Waals surface area contributed by atoms with Gasteiger partial charge in [-0.25, -0.2) is 0 Å². The SMILES string of the molecule is COc1ccccc1OCCOc1ccc(/C=C2\SC(N)=NC2=O)cc1. The second-order valence-electron chi connectivity index (χ2n) is 5.28. The van der Waals surface area contributed by atoms with Gasteiger partial charge in [-0.2, -0.15) is 4.99 Å². The molecule has 1 amide bonds. The van der Waals surface area contributed by atoms with Gasteiger partial charge in [0.2, 0.25) is 0 Å². The van der Waals surface area contributed by atoms with Crippen molar-refractivity contribution >= 4 is 28.9 Å². The first kappa shape index (κ1) is 17.9. The van der Waals surface area contributed by atoms with Crippen LogP contribution in [-0.4, -0.2) is 31.4 Å². The fraction of sp³-hybridized carbons (Fsp3) is 0.158. The summed E-state index contributed by atoms with van der Waals surface area (Å²) in [5, 5.41) is 0.274. The second kappa shape index (κ2) is 8.44. The van der Waals surface area contributed by atoms with Gasteiger partial charge in [-0.05, 0) is 47.7 Å². The number of amides is 1. The van der Waals surface area contributed by atoms with Crippen molar-refractivity contribution in [2.24, 2.45) is 10.7 Å². The zero-order chi connectivity index (χ0) is 18.4. The summed E-state index contributed by atoms with van der Waals surface area (Å²) < 4.78 is 16.6. The Morgan fingerprint density at radius 1 is 1.04 bits per heavy atom. The van der Waals surface area contributed by atoms with E-state index in [0.717, 1.165) is 11.3 Å². The van der Waals surface area contributed by atoms with Gasteiger partial charge in [-0.1, -0.05) is 24.3 Å². The number of nitrogens with two attached hydrogens (primary N) is 1. The first-order valence-corrected chi connectivity index (χ1v) is 8.74. The van der Waals surface area contributed by atoms with E-state index in [0.29, 0.717) is 29.6 Å². The van der Waals surface area contributed by atoms with Crippen molar-refractivity contribution in [1.82, 2.24) is 0 Å². The average molecular weight is 370 g/mol. The minimum absolute atomic E-state index is 0.274. The van der Waals surface area contributed by atoms with Gasteiger partial charge in [0.05, 0.1) is 12.0 Å². The van der Waals surface area contributed by atoms with Gasteiger partial charge in [0.15, 0.2) is 16.7 Å². The molecule has 6 nitrogen and oxygen atoms in total. The van der Waals surface area contributed by atoms with Crippen molar-refractivity contribution in [3.63, 3.8) is 0 Å². The van der Waals surface area contributed by atoms with E-state index < -0.39 is 0 Å². The molecule has 0 bridgehead atoms. The normalized spacial score (nSPS) is 15.0.